The highest BCUT2D eigenvalue weighted by Crippen LogP contribution is 2.25. The number of ether oxygens (including phenoxy) is 1. The molecule has 0 bridgehead atoms. The molecular formula is C19H30ClN3O3S. The van der Waals surface area contributed by atoms with Crippen LogP contribution in [0, 0.1) is 5.92 Å². The number of benzene rings is 1. The first-order valence-electron chi connectivity index (χ1n) is 9.67. The summed E-state index contributed by atoms with van der Waals surface area (Å²) in [5, 5.41) is 0.278. The minimum atomic E-state index is -3.54. The number of nitrogens with zero attached hydrogens (tertiary/aromatic N) is 3. The van der Waals surface area contributed by atoms with Crippen molar-refractivity contribution in [1.82, 2.24) is 14.1 Å². The molecule has 2 saturated heterocycles. The number of rotatable bonds is 6. The molecule has 2 heterocycles. The van der Waals surface area contributed by atoms with Crippen LogP contribution < -0.4 is 0 Å². The third-order valence-corrected chi connectivity index (χ3v) is 7.49. The number of hydrogen-bond donors (Lipinski definition) is 0. The van der Waals surface area contributed by atoms with Crippen LogP contribution in [0.25, 0.3) is 0 Å². The lowest BCUT2D eigenvalue weighted by Gasteiger charge is -2.39. The van der Waals surface area contributed by atoms with Gasteiger partial charge in [0.1, 0.15) is 4.90 Å². The van der Waals surface area contributed by atoms with Crippen LogP contribution in [-0.4, -0.2) is 87.6 Å². The largest absolute Gasteiger partial charge is 0.374 e. The number of piperazine rings is 1. The highest BCUT2D eigenvalue weighted by molar-refractivity contribution is 7.89. The molecule has 0 amide bonds. The van der Waals surface area contributed by atoms with E-state index in [-0.39, 0.29) is 16.0 Å². The SMILES string of the molecule is CC(C)CN1CCO[C@@H](CN2CCN(S(=O)(=O)c3ccccc3Cl)CC2)C1. The third kappa shape index (κ3) is 5.43. The van der Waals surface area contributed by atoms with Crippen molar-refractivity contribution in [3.05, 3.63) is 29.3 Å². The Morgan fingerprint density at radius 2 is 1.81 bits per heavy atom. The van der Waals surface area contributed by atoms with Crippen molar-refractivity contribution in [2.45, 2.75) is 24.8 Å². The molecule has 2 aliphatic heterocycles. The fourth-order valence-corrected chi connectivity index (χ4v) is 5.72. The van der Waals surface area contributed by atoms with E-state index in [1.165, 1.54) is 4.31 Å². The molecule has 6 nitrogen and oxygen atoms in total. The quantitative estimate of drug-likeness (QED) is 0.711. The van der Waals surface area contributed by atoms with Gasteiger partial charge < -0.3 is 4.74 Å². The molecule has 0 unspecified atom stereocenters. The van der Waals surface area contributed by atoms with Gasteiger partial charge in [0.15, 0.2) is 0 Å². The topological polar surface area (TPSA) is 53.1 Å². The van der Waals surface area contributed by atoms with Crippen LogP contribution >= 0.6 is 11.6 Å². The number of halogens is 1. The Morgan fingerprint density at radius 3 is 2.48 bits per heavy atom. The summed E-state index contributed by atoms with van der Waals surface area (Å²) in [6.07, 6.45) is 0.198. The van der Waals surface area contributed by atoms with E-state index in [1.807, 2.05) is 0 Å². The molecule has 0 aromatic heterocycles. The zero-order chi connectivity index (χ0) is 19.4. The second-order valence-corrected chi connectivity index (χ2v) is 10.1. The highest BCUT2D eigenvalue weighted by Gasteiger charge is 2.31. The van der Waals surface area contributed by atoms with E-state index in [1.54, 1.807) is 24.3 Å². The second-order valence-electron chi connectivity index (χ2n) is 7.78. The van der Waals surface area contributed by atoms with Gasteiger partial charge in [-0.1, -0.05) is 37.6 Å². The van der Waals surface area contributed by atoms with Crippen LogP contribution in [0.3, 0.4) is 0 Å². The van der Waals surface area contributed by atoms with Crippen molar-refractivity contribution in [2.24, 2.45) is 5.92 Å². The van der Waals surface area contributed by atoms with Gasteiger partial charge in [-0.05, 0) is 18.1 Å². The minimum absolute atomic E-state index is 0.194. The fraction of sp³-hybridized carbons (Fsp3) is 0.684. The summed E-state index contributed by atoms with van der Waals surface area (Å²) in [5.41, 5.74) is 0. The molecule has 1 atom stereocenters. The van der Waals surface area contributed by atoms with Gasteiger partial charge >= 0.3 is 0 Å². The van der Waals surface area contributed by atoms with E-state index in [0.717, 1.165) is 32.8 Å². The van der Waals surface area contributed by atoms with E-state index in [2.05, 4.69) is 23.6 Å². The molecule has 8 heteroatoms. The molecule has 2 aliphatic rings. The van der Waals surface area contributed by atoms with Gasteiger partial charge in [0.05, 0.1) is 17.7 Å². The van der Waals surface area contributed by atoms with Crippen LogP contribution in [0.4, 0.5) is 0 Å². The van der Waals surface area contributed by atoms with Crippen molar-refractivity contribution in [1.29, 1.82) is 0 Å². The maximum absolute atomic E-state index is 12.8. The second kappa shape index (κ2) is 9.20. The van der Waals surface area contributed by atoms with E-state index >= 15 is 0 Å². The van der Waals surface area contributed by atoms with Crippen LogP contribution in [0.1, 0.15) is 13.8 Å². The predicted octanol–water partition coefficient (Wildman–Crippen LogP) is 2.00. The third-order valence-electron chi connectivity index (χ3n) is 5.09. The maximum Gasteiger partial charge on any atom is 0.244 e. The summed E-state index contributed by atoms with van der Waals surface area (Å²) in [4.78, 5) is 4.97. The molecule has 1 aromatic carbocycles. The molecule has 2 fully saturated rings. The Labute approximate surface area is 168 Å². The van der Waals surface area contributed by atoms with Crippen molar-refractivity contribution >= 4 is 21.6 Å². The Balaban J connectivity index is 1.52. The minimum Gasteiger partial charge on any atom is -0.374 e. The van der Waals surface area contributed by atoms with Gasteiger partial charge in [-0.2, -0.15) is 4.31 Å². The van der Waals surface area contributed by atoms with Crippen molar-refractivity contribution in [3.8, 4) is 0 Å². The first-order valence-corrected chi connectivity index (χ1v) is 11.5. The van der Waals surface area contributed by atoms with E-state index < -0.39 is 10.0 Å². The molecule has 0 radical (unpaired) electrons. The standard InChI is InChI=1S/C19H30ClN3O3S/c1-16(2)13-22-11-12-26-17(15-22)14-21-7-9-23(10-8-21)27(24,25)19-6-4-3-5-18(19)20/h3-6,16-17H,7-15H2,1-2H3/t17-/m0/s1. The van der Waals surface area contributed by atoms with Gasteiger partial charge in [0.25, 0.3) is 0 Å². The summed E-state index contributed by atoms with van der Waals surface area (Å²) >= 11 is 6.10. The lowest BCUT2D eigenvalue weighted by atomic mass is 10.1. The first-order chi connectivity index (χ1) is 12.9. The molecule has 0 spiro atoms. The number of sulfonamides is 1. The van der Waals surface area contributed by atoms with E-state index in [4.69, 9.17) is 16.3 Å². The van der Waals surface area contributed by atoms with Crippen LogP contribution in [0.5, 0.6) is 0 Å². The smallest absolute Gasteiger partial charge is 0.244 e. The zero-order valence-electron chi connectivity index (χ0n) is 16.2. The number of morpholine rings is 1. The summed E-state index contributed by atoms with van der Waals surface area (Å²) < 4.78 is 33.2. The monoisotopic (exact) mass is 415 g/mol. The Morgan fingerprint density at radius 1 is 1.11 bits per heavy atom. The Hall–Kier alpha value is -0.700. The van der Waals surface area contributed by atoms with E-state index in [9.17, 15) is 8.42 Å². The summed E-state index contributed by atoms with van der Waals surface area (Å²) in [6.45, 7) is 11.6. The van der Waals surface area contributed by atoms with Gasteiger partial charge in [-0.25, -0.2) is 8.42 Å². The van der Waals surface area contributed by atoms with Gasteiger partial charge in [-0.3, -0.25) is 9.80 Å². The molecule has 27 heavy (non-hydrogen) atoms. The molecule has 1 aromatic rings. The number of hydrogen-bond acceptors (Lipinski definition) is 5. The van der Waals surface area contributed by atoms with Crippen molar-refractivity contribution < 1.29 is 13.2 Å². The van der Waals surface area contributed by atoms with E-state index in [0.29, 0.717) is 32.1 Å². The molecule has 0 N–H and O–H groups in total. The highest BCUT2D eigenvalue weighted by atomic mass is 35.5. The molecule has 152 valence electrons. The molecule has 0 aliphatic carbocycles. The predicted molar refractivity (Wildman–Crippen MR) is 108 cm³/mol. The Kier molecular flexibility index (Phi) is 7.16. The van der Waals surface area contributed by atoms with Gasteiger partial charge in [-0.15, -0.1) is 0 Å². The summed E-state index contributed by atoms with van der Waals surface area (Å²) in [6, 6.07) is 6.64. The molecule has 3 rings (SSSR count). The maximum atomic E-state index is 12.8. The summed E-state index contributed by atoms with van der Waals surface area (Å²) in [7, 11) is -3.54. The van der Waals surface area contributed by atoms with Gasteiger partial charge in [0, 0.05) is 52.4 Å². The lowest BCUT2D eigenvalue weighted by molar-refractivity contribution is -0.0486. The summed E-state index contributed by atoms with van der Waals surface area (Å²) in [5.74, 6) is 0.655. The fourth-order valence-electron chi connectivity index (χ4n) is 3.81. The first kappa shape index (κ1) is 21.0. The molecular weight excluding hydrogens is 386 g/mol. The lowest BCUT2D eigenvalue weighted by Crippen LogP contribution is -2.53. The van der Waals surface area contributed by atoms with Crippen LogP contribution in [0.2, 0.25) is 5.02 Å². The van der Waals surface area contributed by atoms with Crippen molar-refractivity contribution in [2.75, 3.05) is 59.0 Å². The normalized spacial score (nSPS) is 23.8. The van der Waals surface area contributed by atoms with Crippen LogP contribution in [0.15, 0.2) is 29.2 Å². The zero-order valence-corrected chi connectivity index (χ0v) is 17.8. The average molecular weight is 416 g/mol. The van der Waals surface area contributed by atoms with Crippen molar-refractivity contribution in [3.63, 3.8) is 0 Å². The Bertz CT molecular complexity index is 721. The van der Waals surface area contributed by atoms with Crippen LogP contribution in [-0.2, 0) is 14.8 Å². The average Bonchev–Trinajstić information content (AvgIpc) is 2.62. The molecule has 0 saturated carbocycles. The van der Waals surface area contributed by atoms with Gasteiger partial charge in [0.2, 0.25) is 10.0 Å².